The summed E-state index contributed by atoms with van der Waals surface area (Å²) in [5, 5.41) is 10.9. The van der Waals surface area contributed by atoms with Crippen LogP contribution in [0, 0.1) is 11.3 Å². The molecule has 3 heterocycles. The third kappa shape index (κ3) is 4.16. The highest BCUT2D eigenvalue weighted by molar-refractivity contribution is 9.10. The molecule has 2 bridgehead atoms. The Labute approximate surface area is 199 Å². The van der Waals surface area contributed by atoms with E-state index in [0.29, 0.717) is 23.3 Å². The quantitative estimate of drug-likeness (QED) is 0.265. The molecular formula is C25H14BrN3O3S. The van der Waals surface area contributed by atoms with Gasteiger partial charge in [-0.25, -0.2) is 4.98 Å². The van der Waals surface area contributed by atoms with Crippen molar-refractivity contribution in [2.24, 2.45) is 4.36 Å². The second kappa shape index (κ2) is 8.62. The number of nitriles is 1. The van der Waals surface area contributed by atoms with Gasteiger partial charge in [0.05, 0.1) is 33.0 Å². The number of hydrogen-bond donors (Lipinski definition) is 0. The van der Waals surface area contributed by atoms with Gasteiger partial charge in [0.15, 0.2) is 0 Å². The van der Waals surface area contributed by atoms with Gasteiger partial charge in [-0.3, -0.25) is 0 Å². The fourth-order valence-corrected chi connectivity index (χ4v) is 4.53. The van der Waals surface area contributed by atoms with Crippen LogP contribution in [0.25, 0.3) is 33.1 Å². The third-order valence-electron chi connectivity index (χ3n) is 5.30. The van der Waals surface area contributed by atoms with Crippen LogP contribution in [-0.2, 0) is 16.9 Å². The number of nitrogens with zero attached hydrogens (tertiary/aromatic N) is 3. The molecule has 5 aromatic rings. The second-order valence-electron chi connectivity index (χ2n) is 7.39. The van der Waals surface area contributed by atoms with Gasteiger partial charge in [-0.1, -0.05) is 36.4 Å². The molecule has 2 aromatic heterocycles. The zero-order valence-corrected chi connectivity index (χ0v) is 19.4. The summed E-state index contributed by atoms with van der Waals surface area (Å²) in [7, 11) is -2.50. The van der Waals surface area contributed by atoms with Gasteiger partial charge in [0, 0.05) is 28.8 Å². The second-order valence-corrected chi connectivity index (χ2v) is 8.80. The molecule has 0 atom stereocenters. The Hall–Kier alpha value is -3.80. The lowest BCUT2D eigenvalue weighted by Gasteiger charge is -2.14. The molecule has 0 N–H and O–H groups in total. The van der Waals surface area contributed by atoms with Crippen molar-refractivity contribution in [1.82, 2.24) is 4.98 Å². The number of hydrogen-bond acceptors (Lipinski definition) is 6. The standard InChI is InChI=1S/C16H9BrN2O3S.C9H5N/c17-16-13-6-5-12(19-23(20)21)8-14(13)22-15(16)7-10-1-3-11(9-18)4-2-10;1-2-6-4-5-8-7(3-1)9(6)10-8/h1-6,8H,7H2;1-5H. The molecule has 0 saturated carbocycles. The molecule has 0 spiro atoms. The average molecular weight is 516 g/mol. The maximum atomic E-state index is 10.6. The topological polar surface area (TPSA) is 96.3 Å². The van der Waals surface area contributed by atoms with Gasteiger partial charge < -0.3 is 4.42 Å². The van der Waals surface area contributed by atoms with Gasteiger partial charge in [0.2, 0.25) is 0 Å². The lowest BCUT2D eigenvalue weighted by Crippen LogP contribution is -1.96. The summed E-state index contributed by atoms with van der Waals surface area (Å²) in [6.07, 6.45) is 0.556. The number of furan rings is 1. The predicted molar refractivity (Wildman–Crippen MR) is 130 cm³/mol. The van der Waals surface area contributed by atoms with Crippen molar-refractivity contribution in [2.75, 3.05) is 0 Å². The predicted octanol–water partition coefficient (Wildman–Crippen LogP) is 6.57. The number of pyridine rings is 1. The molecule has 1 aliphatic heterocycles. The van der Waals surface area contributed by atoms with Crippen LogP contribution in [0.3, 0.4) is 0 Å². The molecule has 0 fully saturated rings. The molecule has 0 radical (unpaired) electrons. The Kier molecular flexibility index (Phi) is 5.50. The Bertz CT molecular complexity index is 1700. The number of halogens is 1. The van der Waals surface area contributed by atoms with Gasteiger partial charge in [0.25, 0.3) is 0 Å². The number of rotatable bonds is 3. The largest absolute Gasteiger partial charge is 0.459 e. The lowest BCUT2D eigenvalue weighted by atomic mass is 9.99. The van der Waals surface area contributed by atoms with Crippen LogP contribution in [0.5, 0.6) is 0 Å². The smallest absolute Gasteiger partial charge is 0.316 e. The summed E-state index contributed by atoms with van der Waals surface area (Å²) in [5.74, 6) is 0.727. The molecule has 3 aromatic carbocycles. The number of fused-ring (bicyclic) bond motifs is 3. The van der Waals surface area contributed by atoms with E-state index in [-0.39, 0.29) is 0 Å². The molecule has 0 saturated heterocycles. The monoisotopic (exact) mass is 515 g/mol. The van der Waals surface area contributed by atoms with Gasteiger partial charge in [0.1, 0.15) is 11.3 Å². The zero-order chi connectivity index (χ0) is 22.9. The number of benzene rings is 4. The average Bonchev–Trinajstić information content (AvgIpc) is 3.11. The van der Waals surface area contributed by atoms with E-state index in [9.17, 15) is 8.42 Å². The van der Waals surface area contributed by atoms with Crippen LogP contribution in [0.15, 0.2) is 86.0 Å². The van der Waals surface area contributed by atoms with E-state index >= 15 is 0 Å². The first-order valence-corrected chi connectivity index (χ1v) is 11.8. The molecule has 0 aliphatic carbocycles. The van der Waals surface area contributed by atoms with Crippen molar-refractivity contribution in [3.05, 3.63) is 94.2 Å². The Morgan fingerprint density at radius 1 is 1.03 bits per heavy atom. The molecule has 0 amide bonds. The molecule has 33 heavy (non-hydrogen) atoms. The van der Waals surface area contributed by atoms with Crippen molar-refractivity contribution < 1.29 is 12.8 Å². The summed E-state index contributed by atoms with van der Waals surface area (Å²) in [6, 6.07) is 24.8. The maximum absolute atomic E-state index is 10.6. The van der Waals surface area contributed by atoms with E-state index < -0.39 is 10.5 Å². The van der Waals surface area contributed by atoms with E-state index in [1.807, 2.05) is 12.1 Å². The maximum Gasteiger partial charge on any atom is 0.316 e. The normalized spacial score (nSPS) is 10.9. The highest BCUT2D eigenvalue weighted by atomic mass is 79.9. The highest BCUT2D eigenvalue weighted by Gasteiger charge is 2.14. The first-order valence-electron chi connectivity index (χ1n) is 9.93. The minimum absolute atomic E-state index is 0.317. The first kappa shape index (κ1) is 21.1. The van der Waals surface area contributed by atoms with E-state index in [4.69, 9.17) is 9.68 Å². The summed E-state index contributed by atoms with van der Waals surface area (Å²) in [5.41, 5.74) is 6.14. The highest BCUT2D eigenvalue weighted by Crippen LogP contribution is 2.35. The fourth-order valence-electron chi connectivity index (χ4n) is 3.69. The minimum Gasteiger partial charge on any atom is -0.459 e. The molecule has 6 nitrogen and oxygen atoms in total. The molecular weight excluding hydrogens is 502 g/mol. The minimum atomic E-state index is -2.50. The van der Waals surface area contributed by atoms with E-state index in [2.05, 4.69) is 61.7 Å². The number of para-hydroxylation sites is 1. The van der Waals surface area contributed by atoms with Gasteiger partial charge >= 0.3 is 10.5 Å². The third-order valence-corrected chi connectivity index (χ3v) is 6.53. The van der Waals surface area contributed by atoms with Gasteiger partial charge in [-0.05, 0) is 51.8 Å². The van der Waals surface area contributed by atoms with E-state index in [0.717, 1.165) is 26.9 Å². The van der Waals surface area contributed by atoms with Crippen molar-refractivity contribution >= 4 is 54.0 Å². The first-order chi connectivity index (χ1) is 16.0. The lowest BCUT2D eigenvalue weighted by molar-refractivity contribution is 0.560. The summed E-state index contributed by atoms with van der Waals surface area (Å²) in [4.78, 5) is 4.30. The molecule has 0 unspecified atom stereocenters. The van der Waals surface area contributed by atoms with Crippen LogP contribution in [-0.4, -0.2) is 13.4 Å². The van der Waals surface area contributed by atoms with Gasteiger partial charge in [-0.2, -0.15) is 13.7 Å². The fraction of sp³-hybridized carbons (Fsp3) is 0.0400. The van der Waals surface area contributed by atoms with Crippen LogP contribution in [0.4, 0.5) is 5.69 Å². The van der Waals surface area contributed by atoms with Crippen molar-refractivity contribution in [3.63, 3.8) is 0 Å². The van der Waals surface area contributed by atoms with E-state index in [1.165, 1.54) is 16.5 Å². The summed E-state index contributed by atoms with van der Waals surface area (Å²) < 4.78 is 31.4. The van der Waals surface area contributed by atoms with Crippen molar-refractivity contribution in [3.8, 4) is 17.3 Å². The van der Waals surface area contributed by atoms with Crippen LogP contribution in [0.1, 0.15) is 16.9 Å². The Balaban J connectivity index is 0.000000186. The van der Waals surface area contributed by atoms with Crippen LogP contribution < -0.4 is 0 Å². The Morgan fingerprint density at radius 2 is 1.85 bits per heavy atom. The molecule has 6 rings (SSSR count). The zero-order valence-electron chi connectivity index (χ0n) is 17.0. The molecule has 1 aliphatic rings. The summed E-state index contributed by atoms with van der Waals surface area (Å²) >= 11 is 3.51. The van der Waals surface area contributed by atoms with Crippen molar-refractivity contribution in [1.29, 1.82) is 5.26 Å². The van der Waals surface area contributed by atoms with E-state index in [1.54, 1.807) is 30.3 Å². The van der Waals surface area contributed by atoms with Crippen LogP contribution >= 0.6 is 15.9 Å². The molecule has 160 valence electrons. The number of aromatic nitrogens is 1. The SMILES string of the molecule is N#Cc1ccc(Cc2oc3cc(N=S(=O)=O)ccc3c2Br)cc1.c1cc2c3nc-2ccc3c1. The molecule has 8 heteroatoms. The van der Waals surface area contributed by atoms with Gasteiger partial charge in [-0.15, -0.1) is 4.36 Å². The van der Waals surface area contributed by atoms with Crippen LogP contribution in [0.2, 0.25) is 0 Å². The van der Waals surface area contributed by atoms with Crippen molar-refractivity contribution in [2.45, 2.75) is 6.42 Å². The Morgan fingerprint density at radius 3 is 2.52 bits per heavy atom. The summed E-state index contributed by atoms with van der Waals surface area (Å²) in [6.45, 7) is 0.